The van der Waals surface area contributed by atoms with E-state index in [-0.39, 0.29) is 31.1 Å². The number of aromatic nitrogens is 3. The van der Waals surface area contributed by atoms with E-state index in [9.17, 15) is 4.39 Å². The van der Waals surface area contributed by atoms with Gasteiger partial charge in [0.25, 0.3) is 0 Å². The van der Waals surface area contributed by atoms with E-state index >= 15 is 0 Å². The van der Waals surface area contributed by atoms with Crippen molar-refractivity contribution < 1.29 is 30.3 Å². The number of pyridine rings is 3. The topological polar surface area (TPSA) is 51.8 Å². The summed E-state index contributed by atoms with van der Waals surface area (Å²) in [5.74, 6) is -1.55. The van der Waals surface area contributed by atoms with E-state index < -0.39 is 19.8 Å². The second kappa shape index (κ2) is 13.9. The minimum Gasteiger partial charge on any atom is -0.486 e. The third-order valence-electron chi connectivity index (χ3n) is 7.36. The van der Waals surface area contributed by atoms with Gasteiger partial charge in [-0.05, 0) is 52.0 Å². The van der Waals surface area contributed by atoms with Gasteiger partial charge in [-0.3, -0.25) is 0 Å². The predicted molar refractivity (Wildman–Crippen MR) is 182 cm³/mol. The smallest absolute Gasteiger partial charge is 0.216 e. The summed E-state index contributed by atoms with van der Waals surface area (Å²) in [5.41, 5.74) is 6.46. The van der Waals surface area contributed by atoms with Crippen molar-refractivity contribution in [2.24, 2.45) is 5.41 Å². The molecule has 0 bridgehead atoms. The minimum absolute atomic E-state index is 0. The average molecular weight is 795 g/mol. The SMILES string of the molecule is CC(C)(C)Cc1cc(-c2[c-]cccc2)ncc1[Si](C)(C)C.[2H]C(C)(C)c1cc(-c2[c-]ccc3c2oc2ncccc23)ncc1F.[Ir]. The van der Waals surface area contributed by atoms with Gasteiger partial charge in [0, 0.05) is 39.3 Å². The third kappa shape index (κ3) is 8.02. The molecular weight excluding hydrogens is 754 g/mol. The van der Waals surface area contributed by atoms with Gasteiger partial charge in [-0.2, -0.15) is 0 Å². The number of halogens is 1. The van der Waals surface area contributed by atoms with Crippen LogP contribution in [0.15, 0.2) is 83.7 Å². The zero-order chi connectivity index (χ0) is 32.6. The van der Waals surface area contributed by atoms with Crippen LogP contribution in [0.5, 0.6) is 0 Å². The molecule has 6 aromatic rings. The fourth-order valence-electron chi connectivity index (χ4n) is 5.31. The Labute approximate surface area is 282 Å². The van der Waals surface area contributed by atoms with Crippen LogP contribution < -0.4 is 5.19 Å². The van der Waals surface area contributed by atoms with Crippen molar-refractivity contribution in [3.05, 3.63) is 108 Å². The summed E-state index contributed by atoms with van der Waals surface area (Å²) in [6.07, 6.45) is 6.03. The Bertz CT molecular complexity index is 1960. The van der Waals surface area contributed by atoms with E-state index in [1.54, 1.807) is 32.2 Å². The summed E-state index contributed by atoms with van der Waals surface area (Å²) >= 11 is 0. The molecule has 0 atom stereocenters. The van der Waals surface area contributed by atoms with Gasteiger partial charge in [0.2, 0.25) is 5.71 Å². The van der Waals surface area contributed by atoms with Crippen LogP contribution in [0, 0.1) is 23.4 Å². The molecule has 0 spiro atoms. The van der Waals surface area contributed by atoms with E-state index in [1.165, 1.54) is 10.8 Å². The zero-order valence-corrected chi connectivity index (χ0v) is 30.6. The molecule has 0 fully saturated rings. The zero-order valence-electron chi connectivity index (χ0n) is 28.2. The number of furan rings is 1. The third-order valence-corrected chi connectivity index (χ3v) is 9.43. The van der Waals surface area contributed by atoms with Gasteiger partial charge in [-0.1, -0.05) is 82.9 Å². The second-order valence-corrected chi connectivity index (χ2v) is 18.6. The standard InChI is InChI=1S/C19H14FN2O.C19H26NSi.Ir/c1-11(2)15-9-17(22-10-16(15)20)14-6-3-5-12-13-7-4-8-21-19(13)23-18(12)14;1-19(2,3)13-16-12-17(15-10-8-7-9-11-15)20-14-18(16)21(4,5)6;/h3-5,7-11H,1-2H3;7-10,12,14H,13H2,1-6H3;/q2*-1;/i11D;;. The molecule has 0 N–H and O–H groups in total. The predicted octanol–water partition coefficient (Wildman–Crippen LogP) is 9.79. The number of hydrogen-bond donors (Lipinski definition) is 0. The van der Waals surface area contributed by atoms with E-state index in [0.29, 0.717) is 22.6 Å². The van der Waals surface area contributed by atoms with Crippen LogP contribution in [0.1, 0.15) is 53.0 Å². The van der Waals surface area contributed by atoms with Crippen LogP contribution in [0.3, 0.4) is 0 Å². The van der Waals surface area contributed by atoms with Crippen LogP contribution >= 0.6 is 0 Å². The summed E-state index contributed by atoms with van der Waals surface area (Å²) in [4.78, 5) is 13.1. The van der Waals surface area contributed by atoms with Crippen LogP contribution in [0.4, 0.5) is 4.39 Å². The first-order valence-corrected chi connectivity index (χ1v) is 18.4. The Kier molecular flexibility index (Phi) is 10.1. The first kappa shape index (κ1) is 32.9. The van der Waals surface area contributed by atoms with Gasteiger partial charge >= 0.3 is 0 Å². The fraction of sp³-hybridized carbons (Fsp3) is 0.289. The van der Waals surface area contributed by atoms with Crippen molar-refractivity contribution >= 4 is 35.3 Å². The normalized spacial score (nSPS) is 12.3. The average Bonchev–Trinajstić information content (AvgIpc) is 3.35. The summed E-state index contributed by atoms with van der Waals surface area (Å²) in [6.45, 7) is 17.4. The van der Waals surface area contributed by atoms with Gasteiger partial charge in [0.1, 0.15) is 5.82 Å². The summed E-state index contributed by atoms with van der Waals surface area (Å²) in [7, 11) is -1.37. The molecule has 0 saturated heterocycles. The monoisotopic (exact) mass is 795 g/mol. The van der Waals surface area contributed by atoms with Gasteiger partial charge in [0.05, 0.1) is 19.9 Å². The number of fused-ring (bicyclic) bond motifs is 3. The Morgan fingerprint density at radius 2 is 1.67 bits per heavy atom. The quantitative estimate of drug-likeness (QED) is 0.129. The molecule has 235 valence electrons. The molecule has 0 saturated carbocycles. The molecule has 4 aromatic heterocycles. The molecule has 0 aliphatic heterocycles. The molecule has 4 nitrogen and oxygen atoms in total. The van der Waals surface area contributed by atoms with Crippen molar-refractivity contribution in [2.75, 3.05) is 0 Å². The van der Waals surface area contributed by atoms with Crippen LogP contribution in [0.2, 0.25) is 19.6 Å². The maximum absolute atomic E-state index is 14.0. The minimum atomic E-state index is -1.37. The molecule has 0 amide bonds. The van der Waals surface area contributed by atoms with Crippen molar-refractivity contribution in [3.63, 3.8) is 0 Å². The van der Waals surface area contributed by atoms with Crippen LogP contribution in [-0.2, 0) is 26.5 Å². The van der Waals surface area contributed by atoms with Gasteiger partial charge in [-0.15, -0.1) is 54.1 Å². The van der Waals surface area contributed by atoms with E-state index in [4.69, 9.17) is 10.8 Å². The summed E-state index contributed by atoms with van der Waals surface area (Å²) in [6, 6.07) is 25.8. The van der Waals surface area contributed by atoms with Crippen molar-refractivity contribution in [3.8, 4) is 22.5 Å². The van der Waals surface area contributed by atoms with Crippen molar-refractivity contribution in [1.29, 1.82) is 0 Å². The second-order valence-electron chi connectivity index (χ2n) is 13.6. The molecule has 7 heteroatoms. The van der Waals surface area contributed by atoms with Crippen LogP contribution in [-0.4, -0.2) is 23.0 Å². The summed E-state index contributed by atoms with van der Waals surface area (Å²) < 4.78 is 28.0. The van der Waals surface area contributed by atoms with Gasteiger partial charge in [0.15, 0.2) is 0 Å². The first-order chi connectivity index (χ1) is 21.1. The molecule has 0 aliphatic rings. The molecule has 45 heavy (non-hydrogen) atoms. The van der Waals surface area contributed by atoms with E-state index in [1.807, 2.05) is 36.4 Å². The Morgan fingerprint density at radius 1 is 0.911 bits per heavy atom. The summed E-state index contributed by atoms with van der Waals surface area (Å²) in [5, 5.41) is 3.30. The molecule has 1 radical (unpaired) electrons. The fourth-order valence-corrected chi connectivity index (χ4v) is 6.89. The molecule has 0 unspecified atom stereocenters. The Hall–Kier alpha value is -3.51. The molecule has 4 heterocycles. The van der Waals surface area contributed by atoms with E-state index in [2.05, 4.69) is 80.8 Å². The number of benzene rings is 2. The number of hydrogen-bond acceptors (Lipinski definition) is 4. The molecular formula is C38H40FIrN3OSi-2. The van der Waals surface area contributed by atoms with Gasteiger partial charge in [-0.25, -0.2) is 9.37 Å². The molecule has 2 aromatic carbocycles. The number of rotatable bonds is 5. The maximum atomic E-state index is 14.0. The van der Waals surface area contributed by atoms with E-state index in [0.717, 1.165) is 34.6 Å². The largest absolute Gasteiger partial charge is 0.486 e. The Balaban J connectivity index is 0.000000207. The molecule has 0 aliphatic carbocycles. The van der Waals surface area contributed by atoms with Crippen molar-refractivity contribution in [2.45, 2.75) is 66.6 Å². The van der Waals surface area contributed by atoms with Gasteiger partial charge < -0.3 is 14.4 Å². The number of nitrogens with zero attached hydrogens (tertiary/aromatic N) is 3. The Morgan fingerprint density at radius 3 is 2.33 bits per heavy atom. The molecule has 6 rings (SSSR count). The first-order valence-electron chi connectivity index (χ1n) is 15.4. The van der Waals surface area contributed by atoms with Crippen molar-refractivity contribution in [1.82, 2.24) is 15.0 Å². The van der Waals surface area contributed by atoms with Crippen LogP contribution in [0.25, 0.3) is 44.6 Å². The maximum Gasteiger partial charge on any atom is 0.216 e.